The first-order valence-electron chi connectivity index (χ1n) is 5.51. The van der Waals surface area contributed by atoms with Gasteiger partial charge in [0.2, 0.25) is 0 Å². The Bertz CT molecular complexity index is 506. The van der Waals surface area contributed by atoms with Crippen LogP contribution in [0.15, 0.2) is 29.8 Å². The molecule has 0 fully saturated rings. The minimum Gasteiger partial charge on any atom is -0.394 e. The van der Waals surface area contributed by atoms with Crippen LogP contribution in [0.5, 0.6) is 0 Å². The number of hydrogen-bond donors (Lipinski definition) is 3. The molecule has 1 aromatic carbocycles. The molecule has 0 spiro atoms. The smallest absolute Gasteiger partial charge is 0.262 e. The summed E-state index contributed by atoms with van der Waals surface area (Å²) < 4.78 is 0. The highest BCUT2D eigenvalue weighted by Crippen LogP contribution is 2.12. The maximum Gasteiger partial charge on any atom is 0.262 e. The number of aliphatic hydroxyl groups excluding tert-OH is 2. The lowest BCUT2D eigenvalue weighted by Gasteiger charge is -2.08. The molecule has 19 heavy (non-hydrogen) atoms. The van der Waals surface area contributed by atoms with Gasteiger partial charge in [-0.05, 0) is 23.8 Å². The Morgan fingerprint density at radius 2 is 2.11 bits per heavy atom. The summed E-state index contributed by atoms with van der Waals surface area (Å²) in [6.07, 6.45) is 0.371. The highest BCUT2D eigenvalue weighted by molar-refractivity contribution is 6.30. The number of rotatable bonds is 5. The van der Waals surface area contributed by atoms with Crippen molar-refractivity contribution in [2.75, 3.05) is 13.2 Å². The van der Waals surface area contributed by atoms with Crippen LogP contribution >= 0.6 is 11.6 Å². The fourth-order valence-electron chi connectivity index (χ4n) is 1.24. The van der Waals surface area contributed by atoms with E-state index in [0.717, 1.165) is 0 Å². The molecule has 0 aromatic heterocycles. The minimum absolute atomic E-state index is 0.0903. The Morgan fingerprint density at radius 1 is 1.47 bits per heavy atom. The second-order valence-corrected chi connectivity index (χ2v) is 4.20. The highest BCUT2D eigenvalue weighted by atomic mass is 35.5. The summed E-state index contributed by atoms with van der Waals surface area (Å²) >= 11 is 5.73. The highest BCUT2D eigenvalue weighted by Gasteiger charge is 2.10. The molecule has 0 aliphatic carbocycles. The van der Waals surface area contributed by atoms with E-state index < -0.39 is 18.6 Å². The number of nitrogens with zero attached hydrogens (tertiary/aromatic N) is 1. The summed E-state index contributed by atoms with van der Waals surface area (Å²) in [6.45, 7) is -0.571. The van der Waals surface area contributed by atoms with Crippen LogP contribution in [0.2, 0.25) is 5.02 Å². The summed E-state index contributed by atoms with van der Waals surface area (Å²) in [4.78, 5) is 11.6. The van der Waals surface area contributed by atoms with Crippen molar-refractivity contribution < 1.29 is 15.0 Å². The standard InChI is InChI=1S/C13H13ClN2O3/c14-11-3-1-9(2-4-11)5-10(6-15)13(19)16-7-12(18)8-17/h1-5,12,17-18H,7-8H2,(H,16,19)/b10-5+. The van der Waals surface area contributed by atoms with E-state index in [-0.39, 0.29) is 12.1 Å². The number of carbonyl (C=O) groups is 1. The van der Waals surface area contributed by atoms with E-state index in [1.807, 2.05) is 0 Å². The van der Waals surface area contributed by atoms with Crippen molar-refractivity contribution in [1.29, 1.82) is 5.26 Å². The molecule has 0 aliphatic heterocycles. The Kier molecular flexibility index (Phi) is 6.03. The fraction of sp³-hybridized carbons (Fsp3) is 0.231. The zero-order valence-corrected chi connectivity index (χ0v) is 10.8. The van der Waals surface area contributed by atoms with Gasteiger partial charge in [0.05, 0.1) is 12.7 Å². The summed E-state index contributed by atoms with van der Waals surface area (Å²) in [5, 5.41) is 29.5. The van der Waals surface area contributed by atoms with Crippen molar-refractivity contribution in [3.05, 3.63) is 40.4 Å². The largest absolute Gasteiger partial charge is 0.394 e. The van der Waals surface area contributed by atoms with Gasteiger partial charge in [-0.15, -0.1) is 0 Å². The number of benzene rings is 1. The van der Waals surface area contributed by atoms with Gasteiger partial charge < -0.3 is 15.5 Å². The number of hydrogen-bond acceptors (Lipinski definition) is 4. The van der Waals surface area contributed by atoms with Crippen molar-refractivity contribution in [2.24, 2.45) is 0 Å². The third-order valence-electron chi connectivity index (χ3n) is 2.26. The van der Waals surface area contributed by atoms with Crippen LogP contribution in [0.25, 0.3) is 6.08 Å². The molecule has 0 radical (unpaired) electrons. The first kappa shape index (κ1) is 15.2. The van der Waals surface area contributed by atoms with E-state index in [1.54, 1.807) is 30.3 Å². The molecule has 6 heteroatoms. The van der Waals surface area contributed by atoms with E-state index >= 15 is 0 Å². The van der Waals surface area contributed by atoms with Gasteiger partial charge in [0.15, 0.2) is 0 Å². The second-order valence-electron chi connectivity index (χ2n) is 3.77. The molecule has 1 amide bonds. The normalized spacial score (nSPS) is 12.6. The van der Waals surface area contributed by atoms with E-state index in [4.69, 9.17) is 27.1 Å². The maximum absolute atomic E-state index is 11.6. The molecule has 0 saturated carbocycles. The zero-order chi connectivity index (χ0) is 14.3. The predicted molar refractivity (Wildman–Crippen MR) is 71.1 cm³/mol. The molecule has 3 N–H and O–H groups in total. The van der Waals surface area contributed by atoms with Crippen LogP contribution in [0.3, 0.4) is 0 Å². The first-order valence-corrected chi connectivity index (χ1v) is 5.89. The molecule has 0 heterocycles. The molecule has 0 bridgehead atoms. The number of amides is 1. The third-order valence-corrected chi connectivity index (χ3v) is 2.51. The number of nitriles is 1. The van der Waals surface area contributed by atoms with Crippen molar-refractivity contribution >= 4 is 23.6 Å². The molecule has 1 atom stereocenters. The van der Waals surface area contributed by atoms with Gasteiger partial charge in [-0.3, -0.25) is 4.79 Å². The molecule has 0 aliphatic rings. The molecular formula is C13H13ClN2O3. The summed E-state index contributed by atoms with van der Waals surface area (Å²) in [5.41, 5.74) is 0.575. The van der Waals surface area contributed by atoms with Gasteiger partial charge in [0, 0.05) is 11.6 Å². The number of carbonyl (C=O) groups excluding carboxylic acids is 1. The van der Waals surface area contributed by atoms with Crippen LogP contribution < -0.4 is 5.32 Å². The van der Waals surface area contributed by atoms with Crippen LogP contribution in [0.4, 0.5) is 0 Å². The maximum atomic E-state index is 11.6. The molecule has 5 nitrogen and oxygen atoms in total. The van der Waals surface area contributed by atoms with Crippen LogP contribution in [-0.2, 0) is 4.79 Å². The Labute approximate surface area is 115 Å². The predicted octanol–water partition coefficient (Wildman–Crippen LogP) is 0.716. The van der Waals surface area contributed by atoms with Gasteiger partial charge in [-0.2, -0.15) is 5.26 Å². The molecular weight excluding hydrogens is 268 g/mol. The Balaban J connectivity index is 2.74. The van der Waals surface area contributed by atoms with Crippen LogP contribution in [-0.4, -0.2) is 35.4 Å². The number of nitrogens with one attached hydrogen (secondary N) is 1. The summed E-state index contributed by atoms with van der Waals surface area (Å²) in [6, 6.07) is 8.43. The van der Waals surface area contributed by atoms with Gasteiger partial charge in [0.25, 0.3) is 5.91 Å². The fourth-order valence-corrected chi connectivity index (χ4v) is 1.37. The molecule has 1 aromatic rings. The number of aliphatic hydroxyl groups is 2. The lowest BCUT2D eigenvalue weighted by atomic mass is 10.1. The summed E-state index contributed by atoms with van der Waals surface area (Å²) in [7, 11) is 0. The number of halogens is 1. The molecule has 100 valence electrons. The van der Waals surface area contributed by atoms with Crippen molar-refractivity contribution in [2.45, 2.75) is 6.10 Å². The third kappa shape index (κ3) is 5.10. The van der Waals surface area contributed by atoms with E-state index in [1.165, 1.54) is 6.08 Å². The second kappa shape index (κ2) is 7.54. The monoisotopic (exact) mass is 280 g/mol. The van der Waals surface area contributed by atoms with Crippen molar-refractivity contribution in [1.82, 2.24) is 5.32 Å². The first-order chi connectivity index (χ1) is 9.06. The lowest BCUT2D eigenvalue weighted by Crippen LogP contribution is -2.34. The van der Waals surface area contributed by atoms with E-state index in [9.17, 15) is 4.79 Å². The Morgan fingerprint density at radius 3 is 2.63 bits per heavy atom. The SMILES string of the molecule is N#C/C(=C\c1ccc(Cl)cc1)C(=O)NCC(O)CO. The molecule has 0 saturated heterocycles. The minimum atomic E-state index is -1.04. The van der Waals surface area contributed by atoms with Gasteiger partial charge >= 0.3 is 0 Å². The van der Waals surface area contributed by atoms with Crippen molar-refractivity contribution in [3.63, 3.8) is 0 Å². The van der Waals surface area contributed by atoms with Crippen LogP contribution in [0.1, 0.15) is 5.56 Å². The Hall–Kier alpha value is -1.87. The van der Waals surface area contributed by atoms with E-state index in [2.05, 4.69) is 5.32 Å². The molecule has 1 unspecified atom stereocenters. The van der Waals surface area contributed by atoms with Gasteiger partial charge in [-0.25, -0.2) is 0 Å². The van der Waals surface area contributed by atoms with Gasteiger partial charge in [-0.1, -0.05) is 23.7 Å². The van der Waals surface area contributed by atoms with Crippen molar-refractivity contribution in [3.8, 4) is 6.07 Å². The van der Waals surface area contributed by atoms with Gasteiger partial charge in [0.1, 0.15) is 11.6 Å². The topological polar surface area (TPSA) is 93.4 Å². The quantitative estimate of drug-likeness (QED) is 0.547. The van der Waals surface area contributed by atoms with E-state index in [0.29, 0.717) is 10.6 Å². The van der Waals surface area contributed by atoms with Crippen LogP contribution in [0, 0.1) is 11.3 Å². The lowest BCUT2D eigenvalue weighted by molar-refractivity contribution is -0.117. The summed E-state index contributed by atoms with van der Waals surface area (Å²) in [5.74, 6) is -0.607. The zero-order valence-electron chi connectivity index (χ0n) is 10.0. The average Bonchev–Trinajstić information content (AvgIpc) is 2.43. The average molecular weight is 281 g/mol. The molecule has 1 rings (SSSR count).